The van der Waals surface area contributed by atoms with E-state index in [9.17, 15) is 23.9 Å². The van der Waals surface area contributed by atoms with Crippen molar-refractivity contribution in [2.75, 3.05) is 36.5 Å². The molecule has 11 heteroatoms. The van der Waals surface area contributed by atoms with Gasteiger partial charge in [-0.1, -0.05) is 0 Å². The van der Waals surface area contributed by atoms with Crippen LogP contribution >= 0.6 is 0 Å². The fourth-order valence-electron chi connectivity index (χ4n) is 4.11. The second-order valence-corrected chi connectivity index (χ2v) is 8.37. The van der Waals surface area contributed by atoms with E-state index < -0.39 is 35.7 Å². The third kappa shape index (κ3) is 5.15. The molecule has 2 fully saturated rings. The van der Waals surface area contributed by atoms with Crippen molar-refractivity contribution in [2.45, 2.75) is 25.0 Å². The van der Waals surface area contributed by atoms with E-state index in [4.69, 9.17) is 15.9 Å². The number of hydrogen-bond acceptors (Lipinski definition) is 6. The molecule has 3 amide bonds. The van der Waals surface area contributed by atoms with E-state index in [-0.39, 0.29) is 30.2 Å². The SMILES string of the molecule is N=C(N)c1ccc(NC(=O)[C@H](O)[C@H]2OCCN(c3ccc(F)c(C(=O)N4CCCC4)c3)C2=O)cc1. The number of amidine groups is 1. The Kier molecular flexibility index (Phi) is 7.08. The minimum absolute atomic E-state index is 0.0286. The van der Waals surface area contributed by atoms with Gasteiger partial charge in [0.2, 0.25) is 0 Å². The van der Waals surface area contributed by atoms with Crippen LogP contribution in [0.15, 0.2) is 42.5 Å². The van der Waals surface area contributed by atoms with Crippen molar-refractivity contribution in [2.24, 2.45) is 5.73 Å². The molecule has 0 aliphatic carbocycles. The van der Waals surface area contributed by atoms with Gasteiger partial charge in [-0.2, -0.15) is 0 Å². The molecule has 35 heavy (non-hydrogen) atoms. The summed E-state index contributed by atoms with van der Waals surface area (Å²) in [6.07, 6.45) is -1.58. The maximum absolute atomic E-state index is 14.4. The number of carbonyl (C=O) groups is 3. The average Bonchev–Trinajstić information content (AvgIpc) is 3.39. The first-order chi connectivity index (χ1) is 16.8. The van der Waals surface area contributed by atoms with Crippen LogP contribution < -0.4 is 16.0 Å². The van der Waals surface area contributed by atoms with Crippen LogP contribution in [0.4, 0.5) is 15.8 Å². The summed E-state index contributed by atoms with van der Waals surface area (Å²) in [7, 11) is 0. The predicted molar refractivity (Wildman–Crippen MR) is 126 cm³/mol. The molecular formula is C24H26FN5O5. The van der Waals surface area contributed by atoms with Gasteiger partial charge in [-0.05, 0) is 55.3 Å². The number of hydrogen-bond donors (Lipinski definition) is 4. The average molecular weight is 484 g/mol. The number of halogens is 1. The first kappa shape index (κ1) is 24.3. The summed E-state index contributed by atoms with van der Waals surface area (Å²) in [5.74, 6) is -2.79. The normalized spacial score (nSPS) is 18.9. The highest BCUT2D eigenvalue weighted by molar-refractivity contribution is 6.05. The zero-order valence-electron chi connectivity index (χ0n) is 18.9. The number of rotatable bonds is 6. The standard InChI is InChI=1S/C24H26FN5O5/c25-18-8-7-16(13-17(18)23(33)29-9-1-2-10-29)30-11-12-35-20(24(30)34)19(31)22(32)28-15-5-3-14(4-6-15)21(26)27/h3-8,13,19-20,31H,1-2,9-12H2,(H3,26,27)(H,28,32)/t19-,20-/m1/s1. The molecule has 0 saturated carbocycles. The van der Waals surface area contributed by atoms with Crippen LogP contribution in [0.3, 0.4) is 0 Å². The van der Waals surface area contributed by atoms with Crippen LogP contribution in [0.25, 0.3) is 0 Å². The molecule has 10 nitrogen and oxygen atoms in total. The van der Waals surface area contributed by atoms with Gasteiger partial charge in [0.15, 0.2) is 12.2 Å². The van der Waals surface area contributed by atoms with E-state index in [0.717, 1.165) is 18.9 Å². The molecular weight excluding hydrogens is 457 g/mol. The van der Waals surface area contributed by atoms with Crippen LogP contribution in [0.2, 0.25) is 0 Å². The summed E-state index contributed by atoms with van der Waals surface area (Å²) in [6, 6.07) is 9.90. The van der Waals surface area contributed by atoms with Gasteiger partial charge in [0.25, 0.3) is 17.7 Å². The number of likely N-dealkylation sites (tertiary alicyclic amines) is 1. The van der Waals surface area contributed by atoms with Crippen molar-refractivity contribution in [3.05, 3.63) is 59.4 Å². The van der Waals surface area contributed by atoms with Gasteiger partial charge in [0.05, 0.1) is 12.2 Å². The molecule has 0 spiro atoms. The number of morpholine rings is 1. The number of aliphatic hydroxyl groups excluding tert-OH is 1. The molecule has 0 bridgehead atoms. The Morgan fingerprint density at radius 2 is 1.83 bits per heavy atom. The lowest BCUT2D eigenvalue weighted by molar-refractivity contribution is -0.150. The van der Waals surface area contributed by atoms with E-state index in [1.54, 1.807) is 4.90 Å². The number of nitrogens with zero attached hydrogens (tertiary/aromatic N) is 2. The fraction of sp³-hybridized carbons (Fsp3) is 0.333. The summed E-state index contributed by atoms with van der Waals surface area (Å²) in [6.45, 7) is 1.25. The summed E-state index contributed by atoms with van der Waals surface area (Å²) in [5, 5.41) is 20.4. The molecule has 0 radical (unpaired) electrons. The first-order valence-electron chi connectivity index (χ1n) is 11.2. The molecule has 2 aromatic rings. The third-order valence-electron chi connectivity index (χ3n) is 6.03. The lowest BCUT2D eigenvalue weighted by Gasteiger charge is -2.34. The molecule has 184 valence electrons. The van der Waals surface area contributed by atoms with Crippen molar-refractivity contribution in [3.63, 3.8) is 0 Å². The summed E-state index contributed by atoms with van der Waals surface area (Å²) >= 11 is 0. The van der Waals surface area contributed by atoms with E-state index >= 15 is 0 Å². The number of aliphatic hydroxyl groups is 1. The Labute approximate surface area is 201 Å². The summed E-state index contributed by atoms with van der Waals surface area (Å²) in [4.78, 5) is 41.2. The minimum atomic E-state index is -1.82. The summed E-state index contributed by atoms with van der Waals surface area (Å²) < 4.78 is 19.8. The first-order valence-corrected chi connectivity index (χ1v) is 11.2. The number of benzene rings is 2. The number of amides is 3. The molecule has 5 N–H and O–H groups in total. The van der Waals surface area contributed by atoms with E-state index in [1.165, 1.54) is 41.3 Å². The molecule has 2 aliphatic rings. The number of anilines is 2. The number of nitrogens with two attached hydrogens (primary N) is 1. The molecule has 0 aromatic heterocycles. The zero-order valence-corrected chi connectivity index (χ0v) is 18.9. The molecule has 2 atom stereocenters. The molecule has 2 heterocycles. The second-order valence-electron chi connectivity index (χ2n) is 8.37. The van der Waals surface area contributed by atoms with Crippen LogP contribution in [0.1, 0.15) is 28.8 Å². The predicted octanol–water partition coefficient (Wildman–Crippen LogP) is 1.08. The Bertz CT molecular complexity index is 1150. The Morgan fingerprint density at radius 3 is 2.49 bits per heavy atom. The summed E-state index contributed by atoms with van der Waals surface area (Å²) in [5.41, 5.74) is 6.35. The van der Waals surface area contributed by atoms with Crippen LogP contribution in [0, 0.1) is 11.2 Å². The van der Waals surface area contributed by atoms with Gasteiger partial charge in [-0.3, -0.25) is 19.8 Å². The maximum Gasteiger partial charge on any atom is 0.259 e. The Hall–Kier alpha value is -3.83. The highest BCUT2D eigenvalue weighted by Gasteiger charge is 2.39. The quantitative estimate of drug-likeness (QED) is 0.357. The molecule has 0 unspecified atom stereocenters. The van der Waals surface area contributed by atoms with Crippen molar-refractivity contribution >= 4 is 34.9 Å². The van der Waals surface area contributed by atoms with Crippen LogP contribution in [-0.4, -0.2) is 72.0 Å². The minimum Gasteiger partial charge on any atom is -0.384 e. The number of nitrogens with one attached hydrogen (secondary N) is 2. The molecule has 2 aromatic carbocycles. The lowest BCUT2D eigenvalue weighted by atomic mass is 10.1. The van der Waals surface area contributed by atoms with Gasteiger partial charge in [-0.25, -0.2) is 4.39 Å². The third-order valence-corrected chi connectivity index (χ3v) is 6.03. The Balaban J connectivity index is 1.48. The monoisotopic (exact) mass is 483 g/mol. The van der Waals surface area contributed by atoms with Crippen molar-refractivity contribution in [1.82, 2.24) is 4.90 Å². The van der Waals surface area contributed by atoms with E-state index in [0.29, 0.717) is 24.3 Å². The van der Waals surface area contributed by atoms with Crippen molar-refractivity contribution in [3.8, 4) is 0 Å². The Morgan fingerprint density at radius 1 is 1.14 bits per heavy atom. The smallest absolute Gasteiger partial charge is 0.259 e. The van der Waals surface area contributed by atoms with Crippen LogP contribution in [0.5, 0.6) is 0 Å². The van der Waals surface area contributed by atoms with Gasteiger partial charge in [0, 0.05) is 36.6 Å². The highest BCUT2D eigenvalue weighted by Crippen LogP contribution is 2.25. The molecule has 4 rings (SSSR count). The van der Waals surface area contributed by atoms with Gasteiger partial charge in [0.1, 0.15) is 11.7 Å². The number of ether oxygens (including phenoxy) is 1. The fourth-order valence-corrected chi connectivity index (χ4v) is 4.11. The van der Waals surface area contributed by atoms with Crippen LogP contribution in [-0.2, 0) is 14.3 Å². The maximum atomic E-state index is 14.4. The topological polar surface area (TPSA) is 149 Å². The van der Waals surface area contributed by atoms with Gasteiger partial charge in [-0.15, -0.1) is 0 Å². The van der Waals surface area contributed by atoms with Gasteiger partial charge < -0.3 is 30.7 Å². The largest absolute Gasteiger partial charge is 0.384 e. The number of nitrogen functional groups attached to an aromatic ring is 1. The molecule has 2 saturated heterocycles. The second kappa shape index (κ2) is 10.2. The van der Waals surface area contributed by atoms with Crippen molar-refractivity contribution in [1.29, 1.82) is 5.41 Å². The van der Waals surface area contributed by atoms with E-state index in [1.807, 2.05) is 0 Å². The highest BCUT2D eigenvalue weighted by atomic mass is 19.1. The zero-order chi connectivity index (χ0) is 25.1. The lowest BCUT2D eigenvalue weighted by Crippen LogP contribution is -2.55. The van der Waals surface area contributed by atoms with E-state index in [2.05, 4.69) is 5.32 Å². The van der Waals surface area contributed by atoms with Crippen molar-refractivity contribution < 1.29 is 28.6 Å². The molecule has 2 aliphatic heterocycles. The van der Waals surface area contributed by atoms with Gasteiger partial charge >= 0.3 is 0 Å². The number of carbonyl (C=O) groups excluding carboxylic acids is 3.